The molecular formula is C12H10BrN5O. The lowest BCUT2D eigenvalue weighted by Crippen LogP contribution is -1.89. The van der Waals surface area contributed by atoms with Crippen molar-refractivity contribution in [1.82, 2.24) is 19.9 Å². The van der Waals surface area contributed by atoms with Crippen LogP contribution in [0.3, 0.4) is 0 Å². The number of hydrogen-bond donors (Lipinski definition) is 1. The molecule has 0 aliphatic heterocycles. The summed E-state index contributed by atoms with van der Waals surface area (Å²) >= 11 is 3.34. The smallest absolute Gasteiger partial charge is 0.258 e. The van der Waals surface area contributed by atoms with Crippen molar-refractivity contribution in [2.75, 3.05) is 5.73 Å². The summed E-state index contributed by atoms with van der Waals surface area (Å²) in [5, 5.41) is 8.13. The van der Waals surface area contributed by atoms with Crippen molar-refractivity contribution in [2.45, 2.75) is 0 Å². The van der Waals surface area contributed by atoms with Crippen molar-refractivity contribution in [2.24, 2.45) is 7.05 Å². The molecule has 1 aromatic carbocycles. The Hall–Kier alpha value is -2.15. The predicted octanol–water partition coefficient (Wildman–Crippen LogP) is 2.48. The monoisotopic (exact) mass is 319 g/mol. The molecule has 0 spiro atoms. The second kappa shape index (κ2) is 4.51. The van der Waals surface area contributed by atoms with Crippen LogP contribution in [0.5, 0.6) is 0 Å². The van der Waals surface area contributed by atoms with Crippen LogP contribution in [0, 0.1) is 0 Å². The number of nitrogens with zero attached hydrogens (tertiary/aromatic N) is 4. The van der Waals surface area contributed by atoms with E-state index in [2.05, 4.69) is 31.2 Å². The molecule has 7 heteroatoms. The van der Waals surface area contributed by atoms with Crippen LogP contribution in [-0.4, -0.2) is 19.9 Å². The lowest BCUT2D eigenvalue weighted by molar-refractivity contribution is 0.432. The standard InChI is InChI=1S/C12H10BrN5O/c1-18-5-4-10(16-18)11-15-12(19-17-11)7-2-3-8(13)9(14)6-7/h2-6H,14H2,1H3. The Morgan fingerprint density at radius 2 is 2.16 bits per heavy atom. The van der Waals surface area contributed by atoms with Crippen LogP contribution >= 0.6 is 15.9 Å². The highest BCUT2D eigenvalue weighted by molar-refractivity contribution is 9.10. The lowest BCUT2D eigenvalue weighted by Gasteiger charge is -1.99. The van der Waals surface area contributed by atoms with Crippen molar-refractivity contribution in [3.8, 4) is 23.0 Å². The van der Waals surface area contributed by atoms with Crippen molar-refractivity contribution in [1.29, 1.82) is 0 Å². The fourth-order valence-corrected chi connectivity index (χ4v) is 1.90. The first kappa shape index (κ1) is 11.9. The van der Waals surface area contributed by atoms with Gasteiger partial charge in [-0.25, -0.2) is 0 Å². The van der Waals surface area contributed by atoms with Gasteiger partial charge < -0.3 is 10.3 Å². The Labute approximate surface area is 117 Å². The molecule has 0 bridgehead atoms. The third-order valence-electron chi connectivity index (χ3n) is 2.61. The summed E-state index contributed by atoms with van der Waals surface area (Å²) in [7, 11) is 1.83. The van der Waals surface area contributed by atoms with Crippen LogP contribution in [0.1, 0.15) is 0 Å². The van der Waals surface area contributed by atoms with Gasteiger partial charge >= 0.3 is 0 Å². The third-order valence-corrected chi connectivity index (χ3v) is 3.33. The van der Waals surface area contributed by atoms with E-state index in [1.807, 2.05) is 31.4 Å². The van der Waals surface area contributed by atoms with E-state index in [0.717, 1.165) is 10.0 Å². The number of nitrogen functional groups attached to an aromatic ring is 1. The molecule has 2 N–H and O–H groups in total. The van der Waals surface area contributed by atoms with Gasteiger partial charge in [0.15, 0.2) is 0 Å². The maximum atomic E-state index is 5.83. The van der Waals surface area contributed by atoms with E-state index >= 15 is 0 Å². The number of hydrogen-bond acceptors (Lipinski definition) is 5. The van der Waals surface area contributed by atoms with Gasteiger partial charge in [0.1, 0.15) is 5.69 Å². The summed E-state index contributed by atoms with van der Waals surface area (Å²) in [6, 6.07) is 7.30. The zero-order valence-electron chi connectivity index (χ0n) is 10.0. The lowest BCUT2D eigenvalue weighted by atomic mass is 10.2. The summed E-state index contributed by atoms with van der Waals surface area (Å²) in [5.41, 5.74) is 7.89. The highest BCUT2D eigenvalue weighted by atomic mass is 79.9. The van der Waals surface area contributed by atoms with Gasteiger partial charge in [0, 0.05) is 29.0 Å². The van der Waals surface area contributed by atoms with Crippen LogP contribution in [0.2, 0.25) is 0 Å². The summed E-state index contributed by atoms with van der Waals surface area (Å²) in [6.07, 6.45) is 1.82. The van der Waals surface area contributed by atoms with E-state index in [4.69, 9.17) is 10.3 Å². The second-order valence-corrected chi connectivity index (χ2v) is 4.89. The van der Waals surface area contributed by atoms with Crippen LogP contribution < -0.4 is 5.73 Å². The van der Waals surface area contributed by atoms with Crippen molar-refractivity contribution in [3.63, 3.8) is 0 Å². The van der Waals surface area contributed by atoms with Gasteiger partial charge in [0.05, 0.1) is 0 Å². The Kier molecular flexibility index (Phi) is 2.83. The van der Waals surface area contributed by atoms with Gasteiger partial charge in [0.25, 0.3) is 5.89 Å². The molecule has 0 unspecified atom stereocenters. The third kappa shape index (κ3) is 2.24. The number of nitrogens with two attached hydrogens (primary N) is 1. The molecule has 0 aliphatic carbocycles. The highest BCUT2D eigenvalue weighted by Gasteiger charge is 2.13. The Morgan fingerprint density at radius 1 is 1.32 bits per heavy atom. The molecule has 0 saturated heterocycles. The van der Waals surface area contributed by atoms with Gasteiger partial charge in [-0.2, -0.15) is 10.1 Å². The Morgan fingerprint density at radius 3 is 2.84 bits per heavy atom. The average molecular weight is 320 g/mol. The van der Waals surface area contributed by atoms with Crippen LogP contribution in [0.4, 0.5) is 5.69 Å². The first-order valence-electron chi connectivity index (χ1n) is 5.52. The van der Waals surface area contributed by atoms with E-state index in [9.17, 15) is 0 Å². The summed E-state index contributed by atoms with van der Waals surface area (Å²) in [4.78, 5) is 4.31. The van der Waals surface area contributed by atoms with Gasteiger partial charge in [-0.3, -0.25) is 4.68 Å². The zero-order chi connectivity index (χ0) is 13.4. The Balaban J connectivity index is 1.98. The van der Waals surface area contributed by atoms with Crippen molar-refractivity contribution >= 4 is 21.6 Å². The minimum atomic E-state index is 0.417. The first-order valence-corrected chi connectivity index (χ1v) is 6.32. The summed E-state index contributed by atoms with van der Waals surface area (Å²) in [5.74, 6) is 0.872. The maximum Gasteiger partial charge on any atom is 0.258 e. The maximum absolute atomic E-state index is 5.83. The van der Waals surface area contributed by atoms with E-state index < -0.39 is 0 Å². The molecule has 0 saturated carbocycles. The molecule has 0 amide bonds. The number of rotatable bonds is 2. The number of aryl methyl sites for hydroxylation is 1. The number of benzene rings is 1. The van der Waals surface area contributed by atoms with Crippen LogP contribution in [0.25, 0.3) is 23.0 Å². The van der Waals surface area contributed by atoms with Crippen LogP contribution in [-0.2, 0) is 7.05 Å². The minimum absolute atomic E-state index is 0.417. The zero-order valence-corrected chi connectivity index (χ0v) is 11.6. The Bertz CT molecular complexity index is 733. The molecular weight excluding hydrogens is 310 g/mol. The van der Waals surface area contributed by atoms with Gasteiger partial charge in [-0.05, 0) is 40.2 Å². The molecule has 96 valence electrons. The number of aromatic nitrogens is 4. The average Bonchev–Trinajstić information content (AvgIpc) is 3.01. The summed E-state index contributed by atoms with van der Waals surface area (Å²) < 4.78 is 7.75. The highest BCUT2D eigenvalue weighted by Crippen LogP contribution is 2.27. The van der Waals surface area contributed by atoms with Gasteiger partial charge in [-0.1, -0.05) is 5.16 Å². The molecule has 19 heavy (non-hydrogen) atoms. The van der Waals surface area contributed by atoms with E-state index in [1.165, 1.54) is 0 Å². The second-order valence-electron chi connectivity index (χ2n) is 4.03. The molecule has 0 atom stereocenters. The fourth-order valence-electron chi connectivity index (χ4n) is 1.66. The summed E-state index contributed by atoms with van der Waals surface area (Å²) in [6.45, 7) is 0. The molecule has 3 aromatic rings. The largest absolute Gasteiger partial charge is 0.398 e. The van der Waals surface area contributed by atoms with Crippen LogP contribution in [0.15, 0.2) is 39.5 Å². The van der Waals surface area contributed by atoms with E-state index in [0.29, 0.717) is 23.1 Å². The van der Waals surface area contributed by atoms with Crippen molar-refractivity contribution in [3.05, 3.63) is 34.9 Å². The fraction of sp³-hybridized carbons (Fsp3) is 0.0833. The van der Waals surface area contributed by atoms with E-state index in [-0.39, 0.29) is 0 Å². The molecule has 0 fully saturated rings. The molecule has 0 radical (unpaired) electrons. The normalized spacial score (nSPS) is 10.8. The number of halogens is 1. The van der Waals surface area contributed by atoms with E-state index in [1.54, 1.807) is 10.7 Å². The molecule has 0 aliphatic rings. The topological polar surface area (TPSA) is 82.8 Å². The molecule has 2 heterocycles. The predicted molar refractivity (Wildman–Crippen MR) is 74.0 cm³/mol. The first-order chi connectivity index (χ1) is 9.13. The van der Waals surface area contributed by atoms with Crippen molar-refractivity contribution < 1.29 is 4.52 Å². The van der Waals surface area contributed by atoms with Gasteiger partial charge in [0.2, 0.25) is 5.82 Å². The SMILES string of the molecule is Cn1ccc(-c2noc(-c3ccc(Br)c(N)c3)n2)n1. The quantitative estimate of drug-likeness (QED) is 0.734. The molecule has 2 aromatic heterocycles. The number of anilines is 1. The minimum Gasteiger partial charge on any atom is -0.398 e. The molecule has 6 nitrogen and oxygen atoms in total. The molecule has 3 rings (SSSR count). The van der Waals surface area contributed by atoms with Gasteiger partial charge in [-0.15, -0.1) is 0 Å².